The number of methoxy groups -OCH3 is 1. The van der Waals surface area contributed by atoms with Gasteiger partial charge in [0.25, 0.3) is 0 Å². The minimum atomic E-state index is 0.0800. The Morgan fingerprint density at radius 2 is 1.96 bits per heavy atom. The van der Waals surface area contributed by atoms with Crippen LogP contribution in [0.15, 0.2) is 29.4 Å². The molecule has 1 heterocycles. The van der Waals surface area contributed by atoms with Crippen LogP contribution in [0.4, 0.5) is 0 Å². The molecule has 1 amide bonds. The van der Waals surface area contributed by atoms with Crippen molar-refractivity contribution in [2.24, 2.45) is 0 Å². The molecular formula is C20H28N4O2S. The van der Waals surface area contributed by atoms with Crippen LogP contribution < -0.4 is 10.1 Å². The van der Waals surface area contributed by atoms with Crippen molar-refractivity contribution in [2.45, 2.75) is 63.2 Å². The highest BCUT2D eigenvalue weighted by molar-refractivity contribution is 7.99. The van der Waals surface area contributed by atoms with Crippen LogP contribution in [-0.4, -0.2) is 39.6 Å². The van der Waals surface area contributed by atoms with Gasteiger partial charge in [0.15, 0.2) is 11.0 Å². The molecule has 0 saturated heterocycles. The zero-order valence-corrected chi connectivity index (χ0v) is 16.9. The summed E-state index contributed by atoms with van der Waals surface area (Å²) in [4.78, 5) is 12.4. The van der Waals surface area contributed by atoms with Crippen LogP contribution in [0.1, 0.15) is 45.4 Å². The quantitative estimate of drug-likeness (QED) is 0.575. The van der Waals surface area contributed by atoms with E-state index in [0.29, 0.717) is 11.8 Å². The molecule has 7 heteroatoms. The van der Waals surface area contributed by atoms with E-state index >= 15 is 0 Å². The molecule has 1 aromatic heterocycles. The second-order valence-corrected chi connectivity index (χ2v) is 7.74. The predicted molar refractivity (Wildman–Crippen MR) is 108 cm³/mol. The average molecular weight is 389 g/mol. The van der Waals surface area contributed by atoms with Gasteiger partial charge in [-0.2, -0.15) is 0 Å². The Hall–Kier alpha value is -2.02. The molecule has 1 saturated carbocycles. The summed E-state index contributed by atoms with van der Waals surface area (Å²) in [6, 6.07) is 8.11. The van der Waals surface area contributed by atoms with Crippen LogP contribution in [-0.2, 0) is 11.3 Å². The van der Waals surface area contributed by atoms with Crippen molar-refractivity contribution in [2.75, 3.05) is 12.9 Å². The van der Waals surface area contributed by atoms with Gasteiger partial charge >= 0.3 is 0 Å². The highest BCUT2D eigenvalue weighted by atomic mass is 32.2. The van der Waals surface area contributed by atoms with E-state index in [4.69, 9.17) is 4.74 Å². The first-order valence-electron chi connectivity index (χ1n) is 9.71. The molecule has 1 aliphatic rings. The first-order chi connectivity index (χ1) is 13.2. The minimum absolute atomic E-state index is 0.0800. The van der Waals surface area contributed by atoms with Gasteiger partial charge in [0.1, 0.15) is 5.75 Å². The van der Waals surface area contributed by atoms with Crippen molar-refractivity contribution in [3.63, 3.8) is 0 Å². The molecule has 6 nitrogen and oxygen atoms in total. The summed E-state index contributed by atoms with van der Waals surface area (Å²) in [7, 11) is 1.65. The zero-order chi connectivity index (χ0) is 19.1. The normalized spacial score (nSPS) is 15.3. The maximum Gasteiger partial charge on any atom is 0.230 e. The lowest BCUT2D eigenvalue weighted by Crippen LogP contribution is -2.35. The van der Waals surface area contributed by atoms with Crippen molar-refractivity contribution < 1.29 is 9.53 Å². The summed E-state index contributed by atoms with van der Waals surface area (Å²) >= 11 is 1.44. The monoisotopic (exact) mass is 388 g/mol. The van der Waals surface area contributed by atoms with Crippen LogP contribution in [0.5, 0.6) is 5.75 Å². The van der Waals surface area contributed by atoms with E-state index in [1.54, 1.807) is 7.11 Å². The third-order valence-corrected chi connectivity index (χ3v) is 5.90. The molecular weight excluding hydrogens is 360 g/mol. The van der Waals surface area contributed by atoms with E-state index in [1.807, 2.05) is 28.8 Å². The molecule has 0 unspecified atom stereocenters. The van der Waals surface area contributed by atoms with E-state index in [0.717, 1.165) is 41.7 Å². The Kier molecular flexibility index (Phi) is 7.15. The number of hydrogen-bond acceptors (Lipinski definition) is 5. The number of carbonyl (C=O) groups excluding carboxylic acids is 1. The molecule has 27 heavy (non-hydrogen) atoms. The van der Waals surface area contributed by atoms with Crippen LogP contribution in [0.2, 0.25) is 0 Å². The minimum Gasteiger partial charge on any atom is -0.496 e. The summed E-state index contributed by atoms with van der Waals surface area (Å²) in [5.41, 5.74) is 0.907. The number of benzene rings is 1. The van der Waals surface area contributed by atoms with Crippen LogP contribution in [0.25, 0.3) is 11.4 Å². The van der Waals surface area contributed by atoms with Gasteiger partial charge in [-0.05, 0) is 31.9 Å². The average Bonchev–Trinajstić information content (AvgIpc) is 2.93. The summed E-state index contributed by atoms with van der Waals surface area (Å²) in [5.74, 6) is 1.97. The maximum absolute atomic E-state index is 12.4. The second kappa shape index (κ2) is 9.78. The van der Waals surface area contributed by atoms with Gasteiger partial charge in [0, 0.05) is 12.6 Å². The number of aromatic nitrogens is 3. The fraction of sp³-hybridized carbons (Fsp3) is 0.550. The fourth-order valence-electron chi connectivity index (χ4n) is 3.53. The van der Waals surface area contributed by atoms with Crippen LogP contribution in [0, 0.1) is 0 Å². The largest absolute Gasteiger partial charge is 0.496 e. The standard InChI is InChI=1S/C20H28N4O2S/c1-3-24-19(16-12-8-9-13-17(16)26-2)22-23-20(24)27-14-18(25)21-15-10-6-4-5-7-11-15/h8-9,12-13,15H,3-7,10-11,14H2,1-2H3,(H,21,25). The van der Waals surface area contributed by atoms with E-state index in [9.17, 15) is 4.79 Å². The van der Waals surface area contributed by atoms with Gasteiger partial charge < -0.3 is 14.6 Å². The summed E-state index contributed by atoms with van der Waals surface area (Å²) in [6.07, 6.45) is 7.19. The molecule has 0 spiro atoms. The Balaban J connectivity index is 1.65. The zero-order valence-electron chi connectivity index (χ0n) is 16.1. The van der Waals surface area contributed by atoms with Gasteiger partial charge in [-0.15, -0.1) is 10.2 Å². The fourth-order valence-corrected chi connectivity index (χ4v) is 4.35. The number of hydrogen-bond donors (Lipinski definition) is 1. The van der Waals surface area contributed by atoms with Gasteiger partial charge in [-0.1, -0.05) is 49.6 Å². The van der Waals surface area contributed by atoms with E-state index in [-0.39, 0.29) is 5.91 Å². The second-order valence-electron chi connectivity index (χ2n) is 6.80. The van der Waals surface area contributed by atoms with E-state index in [2.05, 4.69) is 22.4 Å². The van der Waals surface area contributed by atoms with Crippen molar-refractivity contribution in [1.29, 1.82) is 0 Å². The summed E-state index contributed by atoms with van der Waals surface area (Å²) in [6.45, 7) is 2.78. The molecule has 2 aromatic rings. The molecule has 3 rings (SSSR count). The van der Waals surface area contributed by atoms with Gasteiger partial charge in [0.05, 0.1) is 18.4 Å². The topological polar surface area (TPSA) is 69.0 Å². The number of rotatable bonds is 7. The number of nitrogens with zero attached hydrogens (tertiary/aromatic N) is 3. The molecule has 1 fully saturated rings. The molecule has 0 aliphatic heterocycles. The van der Waals surface area contributed by atoms with Crippen LogP contribution in [0.3, 0.4) is 0 Å². The number of amides is 1. The lowest BCUT2D eigenvalue weighted by molar-refractivity contribution is -0.119. The smallest absolute Gasteiger partial charge is 0.230 e. The molecule has 0 radical (unpaired) electrons. The van der Waals surface area contributed by atoms with Crippen LogP contribution >= 0.6 is 11.8 Å². The number of carbonyl (C=O) groups is 1. The lowest BCUT2D eigenvalue weighted by Gasteiger charge is -2.16. The lowest BCUT2D eigenvalue weighted by atomic mass is 10.1. The van der Waals surface area contributed by atoms with Crippen molar-refractivity contribution >= 4 is 17.7 Å². The highest BCUT2D eigenvalue weighted by Gasteiger charge is 2.19. The first kappa shape index (κ1) is 19.7. The molecule has 146 valence electrons. The van der Waals surface area contributed by atoms with Crippen molar-refractivity contribution in [3.05, 3.63) is 24.3 Å². The Labute approximate surface area is 165 Å². The number of thioether (sulfide) groups is 1. The summed E-state index contributed by atoms with van der Waals surface area (Å²) in [5, 5.41) is 12.6. The van der Waals surface area contributed by atoms with Crippen molar-refractivity contribution in [3.8, 4) is 17.1 Å². The SMILES string of the molecule is CCn1c(SCC(=O)NC2CCCCCC2)nnc1-c1ccccc1OC. The predicted octanol–water partition coefficient (Wildman–Crippen LogP) is 3.90. The summed E-state index contributed by atoms with van der Waals surface area (Å²) < 4.78 is 7.48. The number of para-hydroxylation sites is 1. The Morgan fingerprint density at radius 1 is 1.22 bits per heavy atom. The van der Waals surface area contributed by atoms with Gasteiger partial charge in [-0.3, -0.25) is 4.79 Å². The number of ether oxygens (including phenoxy) is 1. The molecule has 1 aliphatic carbocycles. The molecule has 1 aromatic carbocycles. The molecule has 0 bridgehead atoms. The third kappa shape index (κ3) is 5.03. The number of nitrogens with one attached hydrogen (secondary N) is 1. The van der Waals surface area contributed by atoms with E-state index < -0.39 is 0 Å². The van der Waals surface area contributed by atoms with Crippen molar-refractivity contribution in [1.82, 2.24) is 20.1 Å². The molecule has 1 N–H and O–H groups in total. The highest BCUT2D eigenvalue weighted by Crippen LogP contribution is 2.30. The van der Waals surface area contributed by atoms with Gasteiger partial charge in [-0.25, -0.2) is 0 Å². The third-order valence-electron chi connectivity index (χ3n) is 4.93. The molecule has 0 atom stereocenters. The van der Waals surface area contributed by atoms with Gasteiger partial charge in [0.2, 0.25) is 5.91 Å². The Morgan fingerprint density at radius 3 is 2.67 bits per heavy atom. The Bertz CT molecular complexity index is 754. The first-order valence-corrected chi connectivity index (χ1v) is 10.7. The maximum atomic E-state index is 12.4. The van der Waals surface area contributed by atoms with E-state index in [1.165, 1.54) is 37.4 Å².